The minimum Gasteiger partial charge on any atom is -0.412 e. The predicted molar refractivity (Wildman–Crippen MR) is 50.3 cm³/mol. The Morgan fingerprint density at radius 3 is 1.82 bits per heavy atom. The molecular formula is C9H21NO. The van der Waals surface area contributed by atoms with E-state index in [4.69, 9.17) is 5.41 Å². The van der Waals surface area contributed by atoms with Crippen molar-refractivity contribution in [2.75, 3.05) is 0 Å². The fourth-order valence-corrected chi connectivity index (χ4v) is 1.11. The van der Waals surface area contributed by atoms with Gasteiger partial charge in [0.25, 0.3) is 0 Å². The van der Waals surface area contributed by atoms with E-state index >= 15 is 0 Å². The van der Waals surface area contributed by atoms with Crippen molar-refractivity contribution in [1.82, 2.24) is 0 Å². The molecule has 0 heterocycles. The molecule has 0 aromatic carbocycles. The zero-order valence-corrected chi connectivity index (χ0v) is 7.91. The van der Waals surface area contributed by atoms with Crippen molar-refractivity contribution in [2.45, 2.75) is 46.5 Å². The Labute approximate surface area is 69.8 Å². The normalized spacial score (nSPS) is 22.8. The van der Waals surface area contributed by atoms with Crippen LogP contribution < -0.4 is 0 Å². The molecule has 68 valence electrons. The van der Waals surface area contributed by atoms with E-state index in [1.54, 1.807) is 0 Å². The molecule has 0 bridgehead atoms. The highest BCUT2D eigenvalue weighted by Gasteiger charge is 2.10. The van der Waals surface area contributed by atoms with Crippen LogP contribution in [0.4, 0.5) is 0 Å². The Morgan fingerprint density at radius 1 is 1.18 bits per heavy atom. The monoisotopic (exact) mass is 159 g/mol. The first-order chi connectivity index (χ1) is 4.79. The van der Waals surface area contributed by atoms with Crippen molar-refractivity contribution < 1.29 is 5.48 Å². The average molecular weight is 159 g/mol. The molecule has 2 nitrogen and oxygen atoms in total. The molecule has 0 unspecified atom stereocenters. The van der Waals surface area contributed by atoms with Gasteiger partial charge in [-0.05, 0) is 31.6 Å². The number of rotatable bonds is 0. The first-order valence-corrected chi connectivity index (χ1v) is 4.35. The van der Waals surface area contributed by atoms with Crippen molar-refractivity contribution >= 4 is 5.71 Å². The van der Waals surface area contributed by atoms with Crippen molar-refractivity contribution in [3.8, 4) is 0 Å². The third-order valence-corrected chi connectivity index (χ3v) is 1.88. The highest BCUT2D eigenvalue weighted by molar-refractivity contribution is 5.81. The second-order valence-corrected chi connectivity index (χ2v) is 2.79. The molecule has 1 saturated carbocycles. The predicted octanol–water partition coefficient (Wildman–Crippen LogP) is 2.42. The molecule has 11 heavy (non-hydrogen) atoms. The lowest BCUT2D eigenvalue weighted by Crippen LogP contribution is -2.09. The Morgan fingerprint density at radius 2 is 1.55 bits per heavy atom. The number of hydrogen-bond donors (Lipinski definition) is 1. The molecule has 1 aliphatic carbocycles. The Hall–Kier alpha value is -0.370. The lowest BCUT2D eigenvalue weighted by molar-refractivity contribution is 0.482. The van der Waals surface area contributed by atoms with Crippen molar-refractivity contribution in [3.63, 3.8) is 0 Å². The third-order valence-electron chi connectivity index (χ3n) is 1.88. The van der Waals surface area contributed by atoms with Crippen LogP contribution in [0.15, 0.2) is 0 Å². The quantitative estimate of drug-likeness (QED) is 0.564. The number of hydrogen-bond acceptors (Lipinski definition) is 1. The lowest BCUT2D eigenvalue weighted by Gasteiger charge is -2.17. The summed E-state index contributed by atoms with van der Waals surface area (Å²) >= 11 is 0. The minimum atomic E-state index is 0. The van der Waals surface area contributed by atoms with Crippen LogP contribution in [0.2, 0.25) is 0 Å². The van der Waals surface area contributed by atoms with Gasteiger partial charge in [0.1, 0.15) is 0 Å². The van der Waals surface area contributed by atoms with Gasteiger partial charge in [0, 0.05) is 5.71 Å². The van der Waals surface area contributed by atoms with Gasteiger partial charge < -0.3 is 10.9 Å². The van der Waals surface area contributed by atoms with Crippen LogP contribution in [-0.4, -0.2) is 11.2 Å². The lowest BCUT2D eigenvalue weighted by atomic mass is 9.90. The van der Waals surface area contributed by atoms with Gasteiger partial charge in [0.05, 0.1) is 0 Å². The van der Waals surface area contributed by atoms with Crippen LogP contribution in [0.5, 0.6) is 0 Å². The Bertz CT molecular complexity index is 91.7. The molecule has 0 aromatic heterocycles. The summed E-state index contributed by atoms with van der Waals surface area (Å²) in [5.74, 6) is 0.879. The van der Waals surface area contributed by atoms with E-state index in [1.165, 1.54) is 12.8 Å². The van der Waals surface area contributed by atoms with Gasteiger partial charge >= 0.3 is 0 Å². The maximum atomic E-state index is 7.28. The van der Waals surface area contributed by atoms with E-state index in [2.05, 4.69) is 6.92 Å². The van der Waals surface area contributed by atoms with Gasteiger partial charge in [0.15, 0.2) is 0 Å². The summed E-state index contributed by atoms with van der Waals surface area (Å²) in [5.41, 5.74) is 0.961. The topological polar surface area (TPSA) is 55.4 Å². The molecule has 0 amide bonds. The van der Waals surface area contributed by atoms with Crippen LogP contribution in [0.25, 0.3) is 0 Å². The largest absolute Gasteiger partial charge is 0.412 e. The maximum Gasteiger partial charge on any atom is 0.00893 e. The van der Waals surface area contributed by atoms with Gasteiger partial charge in [-0.2, -0.15) is 0 Å². The molecule has 0 saturated heterocycles. The third kappa shape index (κ3) is 6.05. The van der Waals surface area contributed by atoms with Crippen molar-refractivity contribution in [1.29, 1.82) is 5.41 Å². The van der Waals surface area contributed by atoms with E-state index in [1.807, 2.05) is 13.8 Å². The summed E-state index contributed by atoms with van der Waals surface area (Å²) in [4.78, 5) is 0. The molecule has 1 rings (SSSR count). The molecule has 0 atom stereocenters. The standard InChI is InChI=1S/C7H13N.C2H6.H2O/c1-6-2-4-7(8)5-3-6;1-2;/h6,8H,2-5H2,1H3;1-2H3;1H2. The molecule has 1 aliphatic rings. The fourth-order valence-electron chi connectivity index (χ4n) is 1.11. The van der Waals surface area contributed by atoms with Gasteiger partial charge in [0.2, 0.25) is 0 Å². The summed E-state index contributed by atoms with van der Waals surface area (Å²) in [6.07, 6.45) is 4.61. The van der Waals surface area contributed by atoms with E-state index in [9.17, 15) is 0 Å². The van der Waals surface area contributed by atoms with Crippen molar-refractivity contribution in [3.05, 3.63) is 0 Å². The van der Waals surface area contributed by atoms with Crippen LogP contribution in [0.3, 0.4) is 0 Å². The smallest absolute Gasteiger partial charge is 0.00893 e. The van der Waals surface area contributed by atoms with Gasteiger partial charge in [-0.3, -0.25) is 0 Å². The van der Waals surface area contributed by atoms with Gasteiger partial charge in [-0.25, -0.2) is 0 Å². The SMILES string of the molecule is CC.CC1CCC(=N)CC1.O. The average Bonchev–Trinajstić information content (AvgIpc) is 2.00. The Kier molecular flexibility index (Phi) is 9.31. The van der Waals surface area contributed by atoms with Crippen LogP contribution in [-0.2, 0) is 0 Å². The maximum absolute atomic E-state index is 7.28. The molecule has 0 spiro atoms. The minimum absolute atomic E-state index is 0. The highest BCUT2D eigenvalue weighted by atomic mass is 16.0. The summed E-state index contributed by atoms with van der Waals surface area (Å²) in [7, 11) is 0. The summed E-state index contributed by atoms with van der Waals surface area (Å²) in [6.45, 7) is 6.27. The molecule has 1 fully saturated rings. The van der Waals surface area contributed by atoms with Gasteiger partial charge in [-0.15, -0.1) is 0 Å². The van der Waals surface area contributed by atoms with Crippen LogP contribution in [0, 0.1) is 11.3 Å². The molecular weight excluding hydrogens is 138 g/mol. The molecule has 0 aromatic rings. The second kappa shape index (κ2) is 7.73. The molecule has 0 radical (unpaired) electrons. The highest BCUT2D eigenvalue weighted by Crippen LogP contribution is 2.19. The van der Waals surface area contributed by atoms with Crippen molar-refractivity contribution in [2.24, 2.45) is 5.92 Å². The van der Waals surface area contributed by atoms with E-state index in [0.717, 1.165) is 24.5 Å². The van der Waals surface area contributed by atoms with E-state index in [0.29, 0.717) is 0 Å². The molecule has 3 N–H and O–H groups in total. The summed E-state index contributed by atoms with van der Waals surface area (Å²) < 4.78 is 0. The van der Waals surface area contributed by atoms with Crippen LogP contribution in [0.1, 0.15) is 46.5 Å². The van der Waals surface area contributed by atoms with Crippen LogP contribution >= 0.6 is 0 Å². The zero-order chi connectivity index (χ0) is 7.98. The zero-order valence-electron chi connectivity index (χ0n) is 7.91. The molecule has 0 aliphatic heterocycles. The molecule has 2 heteroatoms. The summed E-state index contributed by atoms with van der Waals surface area (Å²) in [5, 5.41) is 7.28. The first-order valence-electron chi connectivity index (χ1n) is 4.35. The van der Waals surface area contributed by atoms with Gasteiger partial charge in [-0.1, -0.05) is 20.8 Å². The van der Waals surface area contributed by atoms with E-state index in [-0.39, 0.29) is 5.48 Å². The first kappa shape index (κ1) is 13.2. The Balaban J connectivity index is 0. The summed E-state index contributed by atoms with van der Waals surface area (Å²) in [6, 6.07) is 0. The van der Waals surface area contributed by atoms with E-state index < -0.39 is 0 Å². The number of nitrogens with one attached hydrogen (secondary N) is 1. The second-order valence-electron chi connectivity index (χ2n) is 2.79. The fraction of sp³-hybridized carbons (Fsp3) is 0.889.